The number of halogens is 1. The summed E-state index contributed by atoms with van der Waals surface area (Å²) < 4.78 is 40.1. The molecule has 1 aliphatic heterocycles. The van der Waals surface area contributed by atoms with Gasteiger partial charge < -0.3 is 15.3 Å². The van der Waals surface area contributed by atoms with E-state index in [2.05, 4.69) is 15.3 Å². The number of H-pyrrole nitrogens is 2. The van der Waals surface area contributed by atoms with Crippen molar-refractivity contribution < 1.29 is 17.6 Å². The molecule has 1 saturated heterocycles. The normalized spacial score (nSPS) is 15.2. The third-order valence-corrected chi connectivity index (χ3v) is 7.22. The zero-order chi connectivity index (χ0) is 20.6. The van der Waals surface area contributed by atoms with Crippen LogP contribution < -0.4 is 5.32 Å². The Kier molecular flexibility index (Phi) is 5.18. The van der Waals surface area contributed by atoms with E-state index < -0.39 is 10.0 Å². The quantitative estimate of drug-likeness (QED) is 0.574. The average Bonchev–Trinajstić information content (AvgIpc) is 3.42. The smallest absolute Gasteiger partial charge is 0.267 e. The molecule has 0 radical (unpaired) electrons. The molecule has 1 aliphatic rings. The Hall–Kier alpha value is -2.65. The van der Waals surface area contributed by atoms with E-state index in [-0.39, 0.29) is 22.3 Å². The SMILES string of the molecule is Cc1[nH]c2ccc(F)cc2c1CCNC(=O)c1cc(S(=O)(=O)N2CCCC2)c[nH]1. The van der Waals surface area contributed by atoms with E-state index >= 15 is 0 Å². The predicted octanol–water partition coefficient (Wildman–Crippen LogP) is 2.70. The standard InChI is InChI=1S/C20H23FN4O3S/c1-13-16(17-10-14(21)4-5-18(17)24-13)6-7-22-20(26)19-11-15(12-23-19)29(27,28)25-8-2-3-9-25/h4-5,10-12,23-24H,2-3,6-9H2,1H3,(H,22,26). The molecule has 0 atom stereocenters. The number of benzene rings is 1. The van der Waals surface area contributed by atoms with E-state index in [4.69, 9.17) is 0 Å². The zero-order valence-electron chi connectivity index (χ0n) is 16.1. The van der Waals surface area contributed by atoms with Crippen LogP contribution in [0, 0.1) is 12.7 Å². The van der Waals surface area contributed by atoms with Crippen molar-refractivity contribution in [1.29, 1.82) is 0 Å². The lowest BCUT2D eigenvalue weighted by molar-refractivity contribution is 0.0949. The van der Waals surface area contributed by atoms with Crippen LogP contribution in [0.5, 0.6) is 0 Å². The number of carbonyl (C=O) groups is 1. The molecule has 0 aliphatic carbocycles. The van der Waals surface area contributed by atoms with Crippen LogP contribution in [0.4, 0.5) is 4.39 Å². The maximum Gasteiger partial charge on any atom is 0.267 e. The van der Waals surface area contributed by atoms with E-state index in [1.807, 2.05) is 6.92 Å². The first-order chi connectivity index (χ1) is 13.9. The fourth-order valence-electron chi connectivity index (χ4n) is 3.81. The van der Waals surface area contributed by atoms with Crippen molar-refractivity contribution in [1.82, 2.24) is 19.6 Å². The maximum absolute atomic E-state index is 13.6. The molecule has 3 aromatic rings. The number of hydrogen-bond acceptors (Lipinski definition) is 3. The fourth-order valence-corrected chi connectivity index (χ4v) is 5.32. The number of aromatic nitrogens is 2. The van der Waals surface area contributed by atoms with Crippen LogP contribution in [-0.4, -0.2) is 48.2 Å². The number of fused-ring (bicyclic) bond motifs is 1. The molecule has 2 aromatic heterocycles. The van der Waals surface area contributed by atoms with Crippen molar-refractivity contribution in [3.8, 4) is 0 Å². The fraction of sp³-hybridized carbons (Fsp3) is 0.350. The Morgan fingerprint density at radius 2 is 2.00 bits per heavy atom. The van der Waals surface area contributed by atoms with Crippen molar-refractivity contribution >= 4 is 26.8 Å². The van der Waals surface area contributed by atoms with Crippen molar-refractivity contribution in [2.24, 2.45) is 0 Å². The minimum atomic E-state index is -3.56. The zero-order valence-corrected chi connectivity index (χ0v) is 16.9. The first-order valence-corrected chi connectivity index (χ1v) is 11.0. The number of carbonyl (C=O) groups excluding carboxylic acids is 1. The number of amides is 1. The lowest BCUT2D eigenvalue weighted by Gasteiger charge is -2.13. The van der Waals surface area contributed by atoms with E-state index in [1.165, 1.54) is 28.7 Å². The molecule has 9 heteroatoms. The number of hydrogen-bond donors (Lipinski definition) is 3. The van der Waals surface area contributed by atoms with Crippen molar-refractivity contribution in [3.63, 3.8) is 0 Å². The van der Waals surface area contributed by atoms with Crippen LogP contribution in [0.1, 0.15) is 34.6 Å². The van der Waals surface area contributed by atoms with E-state index in [0.29, 0.717) is 26.1 Å². The van der Waals surface area contributed by atoms with Gasteiger partial charge in [0.15, 0.2) is 0 Å². The Labute approximate surface area is 168 Å². The summed E-state index contributed by atoms with van der Waals surface area (Å²) in [7, 11) is -3.56. The van der Waals surface area contributed by atoms with Crippen LogP contribution in [0.3, 0.4) is 0 Å². The average molecular weight is 418 g/mol. The molecule has 29 heavy (non-hydrogen) atoms. The number of rotatable bonds is 6. The van der Waals surface area contributed by atoms with Crippen LogP contribution in [0.15, 0.2) is 35.4 Å². The highest BCUT2D eigenvalue weighted by molar-refractivity contribution is 7.89. The van der Waals surface area contributed by atoms with Gasteiger partial charge in [0, 0.05) is 42.4 Å². The molecule has 1 aromatic carbocycles. The topological polar surface area (TPSA) is 98.1 Å². The van der Waals surface area contributed by atoms with Gasteiger partial charge in [0.25, 0.3) is 5.91 Å². The van der Waals surface area contributed by atoms with Gasteiger partial charge in [0.05, 0.1) is 0 Å². The first kappa shape index (κ1) is 19.7. The van der Waals surface area contributed by atoms with Gasteiger partial charge in [0.2, 0.25) is 10.0 Å². The van der Waals surface area contributed by atoms with Crippen molar-refractivity contribution in [3.05, 3.63) is 53.2 Å². The summed E-state index contributed by atoms with van der Waals surface area (Å²) in [5.74, 6) is -0.684. The molecular formula is C20H23FN4O3S. The summed E-state index contributed by atoms with van der Waals surface area (Å²) >= 11 is 0. The Morgan fingerprint density at radius 1 is 1.24 bits per heavy atom. The molecule has 0 unspecified atom stereocenters. The minimum Gasteiger partial charge on any atom is -0.358 e. The second-order valence-electron chi connectivity index (χ2n) is 7.28. The highest BCUT2D eigenvalue weighted by atomic mass is 32.2. The lowest BCUT2D eigenvalue weighted by atomic mass is 10.1. The largest absolute Gasteiger partial charge is 0.358 e. The number of nitrogens with one attached hydrogen (secondary N) is 3. The second kappa shape index (κ2) is 7.64. The van der Waals surface area contributed by atoms with Gasteiger partial charge in [0.1, 0.15) is 16.4 Å². The second-order valence-corrected chi connectivity index (χ2v) is 9.22. The van der Waals surface area contributed by atoms with E-state index in [1.54, 1.807) is 6.07 Å². The van der Waals surface area contributed by atoms with Crippen molar-refractivity contribution in [2.45, 2.75) is 31.1 Å². The number of nitrogens with zero attached hydrogens (tertiary/aromatic N) is 1. The lowest BCUT2D eigenvalue weighted by Crippen LogP contribution is -2.28. The molecule has 7 nitrogen and oxygen atoms in total. The molecule has 1 amide bonds. The van der Waals surface area contributed by atoms with E-state index in [9.17, 15) is 17.6 Å². The minimum absolute atomic E-state index is 0.104. The third-order valence-electron chi connectivity index (χ3n) is 5.35. The van der Waals surface area contributed by atoms with Gasteiger partial charge in [-0.2, -0.15) is 4.31 Å². The molecular weight excluding hydrogens is 395 g/mol. The first-order valence-electron chi connectivity index (χ1n) is 9.60. The molecule has 3 N–H and O–H groups in total. The van der Waals surface area contributed by atoms with Gasteiger partial charge in [-0.05, 0) is 56.0 Å². The Bertz CT molecular complexity index is 1160. The number of aryl methyl sites for hydroxylation is 1. The van der Waals surface area contributed by atoms with Crippen LogP contribution in [0.2, 0.25) is 0 Å². The highest BCUT2D eigenvalue weighted by Gasteiger charge is 2.28. The molecule has 0 saturated carbocycles. The Balaban J connectivity index is 1.42. The van der Waals surface area contributed by atoms with Crippen LogP contribution in [0.25, 0.3) is 10.9 Å². The summed E-state index contributed by atoms with van der Waals surface area (Å²) in [5.41, 5.74) is 2.93. The van der Waals surface area contributed by atoms with Gasteiger partial charge in [-0.25, -0.2) is 12.8 Å². The summed E-state index contributed by atoms with van der Waals surface area (Å²) in [6, 6.07) is 5.95. The van der Waals surface area contributed by atoms with Gasteiger partial charge in [-0.3, -0.25) is 4.79 Å². The van der Waals surface area contributed by atoms with Crippen molar-refractivity contribution in [2.75, 3.05) is 19.6 Å². The molecule has 0 spiro atoms. The molecule has 1 fully saturated rings. The monoisotopic (exact) mass is 418 g/mol. The molecule has 4 rings (SSSR count). The van der Waals surface area contributed by atoms with E-state index in [0.717, 1.165) is 35.0 Å². The van der Waals surface area contributed by atoms with Gasteiger partial charge in [-0.1, -0.05) is 0 Å². The third kappa shape index (κ3) is 3.79. The maximum atomic E-state index is 13.6. The Morgan fingerprint density at radius 3 is 2.76 bits per heavy atom. The summed E-state index contributed by atoms with van der Waals surface area (Å²) in [6.45, 7) is 3.28. The van der Waals surface area contributed by atoms with Gasteiger partial charge in [-0.15, -0.1) is 0 Å². The summed E-state index contributed by atoms with van der Waals surface area (Å²) in [6.07, 6.45) is 3.60. The van der Waals surface area contributed by atoms with Crippen LogP contribution >= 0.6 is 0 Å². The molecule has 0 bridgehead atoms. The van der Waals surface area contributed by atoms with Crippen LogP contribution in [-0.2, 0) is 16.4 Å². The molecule has 154 valence electrons. The number of sulfonamides is 1. The molecule has 3 heterocycles. The number of aromatic amines is 2. The van der Waals surface area contributed by atoms with Gasteiger partial charge >= 0.3 is 0 Å². The predicted molar refractivity (Wildman–Crippen MR) is 108 cm³/mol. The summed E-state index contributed by atoms with van der Waals surface area (Å²) in [4.78, 5) is 18.5. The highest BCUT2D eigenvalue weighted by Crippen LogP contribution is 2.24. The summed E-state index contributed by atoms with van der Waals surface area (Å²) in [5, 5.41) is 3.59.